The molecule has 0 aliphatic heterocycles. The molecule has 0 amide bonds. The number of nitrogens with zero attached hydrogens (tertiary/aromatic N) is 2. The van der Waals surface area contributed by atoms with E-state index in [1.165, 1.54) is 221 Å². The molecule has 2 rings (SSSR count). The number of benzene rings is 2. The van der Waals surface area contributed by atoms with E-state index in [0.29, 0.717) is 0 Å². The third kappa shape index (κ3) is 27.1. The van der Waals surface area contributed by atoms with Crippen molar-refractivity contribution in [2.24, 2.45) is 0 Å². The van der Waals surface area contributed by atoms with Gasteiger partial charge in [-0.15, -0.1) is 4.79 Å². The van der Waals surface area contributed by atoms with E-state index >= 15 is 0 Å². The van der Waals surface area contributed by atoms with Crippen LogP contribution in [0.3, 0.4) is 0 Å². The summed E-state index contributed by atoms with van der Waals surface area (Å²) in [7, 11) is 0. The van der Waals surface area contributed by atoms with Crippen molar-refractivity contribution < 1.29 is 21.3 Å². The van der Waals surface area contributed by atoms with Gasteiger partial charge in [0, 0.05) is 0 Å². The summed E-state index contributed by atoms with van der Waals surface area (Å²) in [5.74, 6) is 3.26. The topological polar surface area (TPSA) is 36.4 Å². The largest absolute Gasteiger partial charge is 2.00 e. The minimum absolute atomic E-state index is 0. The molecule has 0 N–H and O–H groups in total. The normalized spacial score (nSPS) is 11.1. The fraction of sp³-hybridized carbons (Fsp3) is 0.714. The maximum atomic E-state index is 10.3. The summed E-state index contributed by atoms with van der Waals surface area (Å²) >= 11 is 0. The zero-order valence-electron chi connectivity index (χ0n) is 45.7. The van der Waals surface area contributed by atoms with Crippen molar-refractivity contribution in [1.82, 2.24) is 0 Å². The Morgan fingerprint density at radius 1 is 0.394 bits per heavy atom. The fourth-order valence-electron chi connectivity index (χ4n) is 9.69. The first-order valence-electron chi connectivity index (χ1n) is 28.4. The standard InChI is InChI=1S/C59H98N2.2C2H5.Ni/c1-9-17-25-33-38-51-46-55(47-52(39-34-26-18-10-2)57(51)42-35-27-19-11-3)59(58(43-32-24-16-8)53(48-61-60)40-30-22-14-6)54-44-49(36-28-20-12-4)56(41-31-23-15-7)50(45-54)37-29-21-13-5;2*1-2;/h44-47H,9-43H2,1-8H3;2*1H2,2H3;/q;2*-1;+2. The predicted octanol–water partition coefficient (Wildman–Crippen LogP) is 20.7. The Kier molecular flexibility index (Phi) is 46.5. The number of hydrogen-bond acceptors (Lipinski definition) is 0. The average Bonchev–Trinajstić information content (AvgIpc) is 3.32. The van der Waals surface area contributed by atoms with Crippen molar-refractivity contribution in [3.8, 4) is 0 Å². The SMILES string of the molecule is CCCCCCc1cc(C(=C(CCCCC)C(=C=[N+]=[N-])CCCCC)c2cc(CCCCC)c(CCCCC)c(CCCCC)c2)cc(CCCCCC)c1CCCCCC.[CH2-]C.[CH2-]C.[Ni+2]. The monoisotopic (exact) mass is 951 g/mol. The van der Waals surface area contributed by atoms with Gasteiger partial charge in [0.15, 0.2) is 0 Å². The van der Waals surface area contributed by atoms with Gasteiger partial charge in [-0.1, -0.05) is 202 Å². The van der Waals surface area contributed by atoms with E-state index in [2.05, 4.69) is 104 Å². The Labute approximate surface area is 423 Å². The Morgan fingerprint density at radius 3 is 1.00 bits per heavy atom. The zero-order chi connectivity index (χ0) is 48.3. The van der Waals surface area contributed by atoms with Crippen LogP contribution in [0.25, 0.3) is 11.1 Å². The van der Waals surface area contributed by atoms with Crippen molar-refractivity contribution in [3.05, 3.63) is 99.3 Å². The molecule has 0 heterocycles. The van der Waals surface area contributed by atoms with Crippen molar-refractivity contribution in [3.63, 3.8) is 0 Å². The molecule has 2 nitrogen and oxygen atoms in total. The maximum Gasteiger partial charge on any atom is 2.00 e. The molecule has 3 heteroatoms. The van der Waals surface area contributed by atoms with Gasteiger partial charge in [-0.2, -0.15) is 13.8 Å². The quantitative estimate of drug-likeness (QED) is 0.0122. The molecule has 0 saturated heterocycles. The summed E-state index contributed by atoms with van der Waals surface area (Å²) in [6.45, 7) is 28.7. The number of allylic oxidation sites excluding steroid dienone is 2. The molecule has 0 unspecified atom stereocenters. The summed E-state index contributed by atoms with van der Waals surface area (Å²) in [5, 5.41) is 0. The Morgan fingerprint density at radius 2 is 0.667 bits per heavy atom. The third-order valence-corrected chi connectivity index (χ3v) is 13.4. The van der Waals surface area contributed by atoms with Crippen LogP contribution in [0.2, 0.25) is 0 Å². The first-order chi connectivity index (χ1) is 32.0. The third-order valence-electron chi connectivity index (χ3n) is 13.4. The van der Waals surface area contributed by atoms with Gasteiger partial charge < -0.3 is 19.4 Å². The van der Waals surface area contributed by atoms with Gasteiger partial charge >= 0.3 is 22.4 Å². The van der Waals surface area contributed by atoms with E-state index in [1.54, 1.807) is 47.2 Å². The number of aryl methyl sites for hydroxylation is 4. The van der Waals surface area contributed by atoms with E-state index in [9.17, 15) is 5.53 Å². The van der Waals surface area contributed by atoms with E-state index in [1.807, 2.05) is 0 Å². The van der Waals surface area contributed by atoms with Crippen molar-refractivity contribution >= 4 is 11.4 Å². The minimum atomic E-state index is 0. The van der Waals surface area contributed by atoms with Crippen molar-refractivity contribution in [2.75, 3.05) is 0 Å². The Balaban J connectivity index is 0. The van der Waals surface area contributed by atoms with E-state index in [0.717, 1.165) is 31.3 Å². The molecule has 0 saturated carbocycles. The van der Waals surface area contributed by atoms with Gasteiger partial charge in [0.25, 0.3) is 0 Å². The van der Waals surface area contributed by atoms with Gasteiger partial charge in [-0.05, 0) is 158 Å². The van der Waals surface area contributed by atoms with Crippen LogP contribution in [0.5, 0.6) is 0 Å². The van der Waals surface area contributed by atoms with Gasteiger partial charge in [0.1, 0.15) is 0 Å². The van der Waals surface area contributed by atoms with Gasteiger partial charge in [0.2, 0.25) is 0 Å². The molecule has 0 bridgehead atoms. The second-order valence-corrected chi connectivity index (χ2v) is 18.8. The van der Waals surface area contributed by atoms with Crippen molar-refractivity contribution in [1.29, 1.82) is 0 Å². The number of unbranched alkanes of at least 4 members (excludes halogenated alkanes) is 19. The molecule has 0 fully saturated rings. The van der Waals surface area contributed by atoms with Crippen LogP contribution in [0, 0.1) is 13.8 Å². The molecule has 0 aliphatic rings. The molecule has 2 aromatic carbocycles. The van der Waals surface area contributed by atoms with Crippen LogP contribution >= 0.6 is 0 Å². The summed E-state index contributed by atoms with van der Waals surface area (Å²) in [6, 6.07) is 10.7. The molecule has 0 aromatic heterocycles. The smallest absolute Gasteiger partial charge is 0.348 e. The molecule has 0 aliphatic carbocycles. The molecule has 380 valence electrons. The van der Waals surface area contributed by atoms with Crippen LogP contribution in [-0.2, 0) is 55.0 Å². The summed E-state index contributed by atoms with van der Waals surface area (Å²) < 4.78 is 0. The maximum absolute atomic E-state index is 10.3. The summed E-state index contributed by atoms with van der Waals surface area (Å²) in [6.07, 6.45) is 43.0. The fourth-order valence-corrected chi connectivity index (χ4v) is 9.69. The molecular formula is C63H108N2Ni. The summed E-state index contributed by atoms with van der Waals surface area (Å²) in [5.41, 5.74) is 26.9. The number of rotatable bonds is 38. The minimum Gasteiger partial charge on any atom is -0.348 e. The van der Waals surface area contributed by atoms with Gasteiger partial charge in [0.05, 0.1) is 5.57 Å². The van der Waals surface area contributed by atoms with E-state index < -0.39 is 0 Å². The van der Waals surface area contributed by atoms with Crippen LogP contribution in [-0.4, -0.2) is 10.7 Å². The molecule has 0 atom stereocenters. The molecule has 2 aromatic rings. The molecule has 66 heavy (non-hydrogen) atoms. The van der Waals surface area contributed by atoms with Crippen molar-refractivity contribution in [2.45, 2.75) is 294 Å². The summed E-state index contributed by atoms with van der Waals surface area (Å²) in [4.78, 5) is 3.72. The molecule has 0 radical (unpaired) electrons. The molecule has 0 spiro atoms. The van der Waals surface area contributed by atoms with E-state index in [-0.39, 0.29) is 16.5 Å². The Hall–Kier alpha value is -2.17. The van der Waals surface area contributed by atoms with Gasteiger partial charge in [-0.3, -0.25) is 0 Å². The second kappa shape index (κ2) is 46.6. The predicted molar refractivity (Wildman–Crippen MR) is 295 cm³/mol. The van der Waals surface area contributed by atoms with Crippen LogP contribution in [0.15, 0.2) is 35.4 Å². The first kappa shape index (κ1) is 65.9. The second-order valence-electron chi connectivity index (χ2n) is 18.8. The average molecular weight is 952 g/mol. The van der Waals surface area contributed by atoms with Crippen LogP contribution < -0.4 is 0 Å². The van der Waals surface area contributed by atoms with E-state index in [4.69, 9.17) is 0 Å². The van der Waals surface area contributed by atoms with Crippen LogP contribution in [0.1, 0.15) is 300 Å². The van der Waals surface area contributed by atoms with Crippen LogP contribution in [0.4, 0.5) is 0 Å². The van der Waals surface area contributed by atoms with Gasteiger partial charge in [-0.25, -0.2) is 0 Å². The first-order valence-corrected chi connectivity index (χ1v) is 28.4. The Bertz CT molecular complexity index is 1500. The molecular weight excluding hydrogens is 843 g/mol. The zero-order valence-corrected chi connectivity index (χ0v) is 46.7. The number of hydrogen-bond donors (Lipinski definition) is 0.